The van der Waals surface area contributed by atoms with E-state index in [1.54, 1.807) is 38.2 Å². The van der Waals surface area contributed by atoms with Crippen LogP contribution in [-0.2, 0) is 11.5 Å². The predicted molar refractivity (Wildman–Crippen MR) is 125 cm³/mol. The first kappa shape index (κ1) is 24.0. The number of alkyl halides is 2. The van der Waals surface area contributed by atoms with Gasteiger partial charge >= 0.3 is 5.92 Å². The van der Waals surface area contributed by atoms with Gasteiger partial charge in [-0.15, -0.1) is 0 Å². The van der Waals surface area contributed by atoms with Crippen LogP contribution in [0.1, 0.15) is 25.2 Å². The predicted octanol–water partition coefficient (Wildman–Crippen LogP) is 5.84. The van der Waals surface area contributed by atoms with E-state index in [2.05, 4.69) is 27.0 Å². The summed E-state index contributed by atoms with van der Waals surface area (Å²) in [5.74, 6) is -3.60. The lowest BCUT2D eigenvalue weighted by molar-refractivity contribution is 0.0472. The number of hydrogen-bond acceptors (Lipinski definition) is 6. The summed E-state index contributed by atoms with van der Waals surface area (Å²) in [6.45, 7) is 6.41. The Kier molecular flexibility index (Phi) is 6.31. The Morgan fingerprint density at radius 1 is 1.06 bits per heavy atom. The molecule has 0 aliphatic carbocycles. The highest BCUT2D eigenvalue weighted by molar-refractivity contribution is 5.56. The molecule has 2 N–H and O–H groups in total. The van der Waals surface area contributed by atoms with E-state index in [-0.39, 0.29) is 17.3 Å². The van der Waals surface area contributed by atoms with Crippen LogP contribution in [0.3, 0.4) is 0 Å². The van der Waals surface area contributed by atoms with Gasteiger partial charge in [0, 0.05) is 18.3 Å². The molecule has 0 fully saturated rings. The molecule has 0 atom stereocenters. The molecule has 1 aromatic carbocycles. The van der Waals surface area contributed by atoms with Crippen LogP contribution in [0.15, 0.2) is 79.6 Å². The van der Waals surface area contributed by atoms with Crippen molar-refractivity contribution in [3.63, 3.8) is 0 Å². The molecule has 0 amide bonds. The third-order valence-corrected chi connectivity index (χ3v) is 4.97. The minimum absolute atomic E-state index is 0.0565. The summed E-state index contributed by atoms with van der Waals surface area (Å²) >= 11 is 0. The molecule has 0 saturated heterocycles. The molecule has 4 aromatic rings. The molecule has 0 bridgehead atoms. The fraction of sp³-hybridized carbons (Fsp3) is 0.160. The monoisotopic (exact) mass is 481 g/mol. The molecule has 7 nitrogen and oxygen atoms in total. The van der Waals surface area contributed by atoms with E-state index in [4.69, 9.17) is 4.74 Å². The van der Waals surface area contributed by atoms with Crippen LogP contribution in [0.2, 0.25) is 0 Å². The van der Waals surface area contributed by atoms with Crippen molar-refractivity contribution >= 4 is 11.5 Å². The van der Waals surface area contributed by atoms with E-state index < -0.39 is 23.0 Å². The van der Waals surface area contributed by atoms with Gasteiger partial charge in [-0.3, -0.25) is 4.98 Å². The molecule has 0 unspecified atom stereocenters. The van der Waals surface area contributed by atoms with Gasteiger partial charge in [0.1, 0.15) is 34.4 Å². The molecule has 4 rings (SSSR count). The first-order valence-corrected chi connectivity index (χ1v) is 10.5. The van der Waals surface area contributed by atoms with Crippen LogP contribution >= 0.6 is 0 Å². The van der Waals surface area contributed by atoms with Crippen LogP contribution in [-0.4, -0.2) is 24.9 Å². The molecule has 0 saturated carbocycles. The first-order chi connectivity index (χ1) is 16.6. The topological polar surface area (TPSA) is 85.1 Å². The van der Waals surface area contributed by atoms with Crippen LogP contribution < -0.4 is 10.1 Å². The quantitative estimate of drug-likeness (QED) is 0.308. The largest absolute Gasteiger partial charge is 0.439 e. The van der Waals surface area contributed by atoms with Gasteiger partial charge in [-0.05, 0) is 50.3 Å². The second-order valence-electron chi connectivity index (χ2n) is 8.15. The number of nitrogens with zero attached hydrogens (tertiary/aromatic N) is 4. The van der Waals surface area contributed by atoms with E-state index in [0.717, 1.165) is 10.7 Å². The van der Waals surface area contributed by atoms with Gasteiger partial charge in [0.05, 0.1) is 17.6 Å². The number of para-hydroxylation sites is 1. The van der Waals surface area contributed by atoms with Crippen LogP contribution in [0.25, 0.3) is 5.69 Å². The van der Waals surface area contributed by atoms with Gasteiger partial charge in [-0.2, -0.15) is 18.6 Å². The summed E-state index contributed by atoms with van der Waals surface area (Å²) in [4.78, 5) is 8.44. The number of nitrogens with one attached hydrogen (secondary N) is 1. The third kappa shape index (κ3) is 5.33. The van der Waals surface area contributed by atoms with Gasteiger partial charge in [0.25, 0.3) is 0 Å². The Balaban J connectivity index is 1.64. The lowest BCUT2D eigenvalue weighted by atomic mass is 10.1. The average molecular weight is 481 g/mol. The van der Waals surface area contributed by atoms with Crippen molar-refractivity contribution in [2.45, 2.75) is 25.4 Å². The number of rotatable bonds is 8. The van der Waals surface area contributed by atoms with Crippen molar-refractivity contribution in [2.24, 2.45) is 0 Å². The first-order valence-electron chi connectivity index (χ1n) is 10.5. The standard InChI is InChI=1S/C25H22F3N5O2/c1-4-25(27,28)21-14-23(33(32-21)19-8-6-5-7-18(19)26)35-17-11-12-29-22(13-17)31-16-9-10-20(30-15-16)24(2,3)34/h4-15,34H,1H2,2-3H3,(H,29,31). The zero-order valence-corrected chi connectivity index (χ0v) is 18.9. The summed E-state index contributed by atoms with van der Waals surface area (Å²) in [7, 11) is 0. The number of hydrogen-bond donors (Lipinski definition) is 2. The minimum Gasteiger partial charge on any atom is -0.439 e. The molecule has 0 spiro atoms. The number of halogens is 3. The molecule has 10 heteroatoms. The van der Waals surface area contributed by atoms with Gasteiger partial charge in [-0.25, -0.2) is 9.37 Å². The third-order valence-electron chi connectivity index (χ3n) is 4.97. The molecule has 35 heavy (non-hydrogen) atoms. The number of aromatic nitrogens is 4. The van der Waals surface area contributed by atoms with Crippen molar-refractivity contribution in [3.8, 4) is 17.3 Å². The van der Waals surface area contributed by atoms with E-state index in [1.165, 1.54) is 36.5 Å². The number of ether oxygens (including phenoxy) is 1. The fourth-order valence-electron chi connectivity index (χ4n) is 3.14. The zero-order valence-electron chi connectivity index (χ0n) is 18.9. The van der Waals surface area contributed by atoms with Crippen molar-refractivity contribution in [1.29, 1.82) is 0 Å². The Labute approximate surface area is 199 Å². The van der Waals surface area contributed by atoms with Crippen LogP contribution in [0.4, 0.5) is 24.7 Å². The second kappa shape index (κ2) is 9.22. The maximum atomic E-state index is 14.4. The Hall–Kier alpha value is -4.18. The summed E-state index contributed by atoms with van der Waals surface area (Å²) in [5.41, 5.74) is -0.670. The zero-order chi connectivity index (χ0) is 25.2. The van der Waals surface area contributed by atoms with Gasteiger partial charge in [0.2, 0.25) is 5.88 Å². The van der Waals surface area contributed by atoms with Gasteiger partial charge in [0.15, 0.2) is 0 Å². The molecule has 0 aliphatic rings. The number of allylic oxidation sites excluding steroid dienone is 1. The maximum absolute atomic E-state index is 14.4. The summed E-state index contributed by atoms with van der Waals surface area (Å²) in [6.07, 6.45) is 3.45. The van der Waals surface area contributed by atoms with E-state index in [9.17, 15) is 18.3 Å². The SMILES string of the molecule is C=CC(F)(F)c1cc(Oc2ccnc(Nc3ccc(C(C)(C)O)nc3)c2)n(-c2ccccc2F)n1. The number of aliphatic hydroxyl groups is 1. The lowest BCUT2D eigenvalue weighted by Gasteiger charge is -2.16. The number of anilines is 2. The average Bonchev–Trinajstić information content (AvgIpc) is 3.24. The van der Waals surface area contributed by atoms with E-state index >= 15 is 0 Å². The Morgan fingerprint density at radius 2 is 1.83 bits per heavy atom. The highest BCUT2D eigenvalue weighted by Crippen LogP contribution is 2.34. The molecule has 3 heterocycles. The summed E-state index contributed by atoms with van der Waals surface area (Å²) < 4.78 is 49.7. The minimum atomic E-state index is -3.44. The highest BCUT2D eigenvalue weighted by atomic mass is 19.3. The number of pyridine rings is 2. The lowest BCUT2D eigenvalue weighted by Crippen LogP contribution is -2.17. The smallest absolute Gasteiger partial charge is 0.309 e. The molecular formula is C25H22F3N5O2. The maximum Gasteiger partial charge on any atom is 0.309 e. The van der Waals surface area contributed by atoms with E-state index in [0.29, 0.717) is 23.3 Å². The highest BCUT2D eigenvalue weighted by Gasteiger charge is 2.33. The van der Waals surface area contributed by atoms with Gasteiger partial charge in [-0.1, -0.05) is 18.7 Å². The summed E-state index contributed by atoms with van der Waals surface area (Å²) in [6, 6.07) is 13.1. The molecule has 3 aromatic heterocycles. The number of benzene rings is 1. The Morgan fingerprint density at radius 3 is 2.49 bits per heavy atom. The van der Waals surface area contributed by atoms with Crippen LogP contribution in [0, 0.1) is 5.82 Å². The van der Waals surface area contributed by atoms with Crippen molar-refractivity contribution < 1.29 is 23.0 Å². The Bertz CT molecular complexity index is 1350. The molecule has 180 valence electrons. The molecular weight excluding hydrogens is 459 g/mol. The van der Waals surface area contributed by atoms with Gasteiger partial charge < -0.3 is 15.2 Å². The summed E-state index contributed by atoms with van der Waals surface area (Å²) in [5, 5.41) is 17.0. The van der Waals surface area contributed by atoms with Crippen LogP contribution in [0.5, 0.6) is 11.6 Å². The van der Waals surface area contributed by atoms with Crippen molar-refractivity contribution in [3.05, 3.63) is 96.9 Å². The normalized spacial score (nSPS) is 11.8. The fourth-order valence-corrected chi connectivity index (χ4v) is 3.14. The molecule has 0 radical (unpaired) electrons. The van der Waals surface area contributed by atoms with Crippen molar-refractivity contribution in [1.82, 2.24) is 19.7 Å². The van der Waals surface area contributed by atoms with Crippen molar-refractivity contribution in [2.75, 3.05) is 5.32 Å². The molecule has 0 aliphatic heterocycles. The second-order valence-corrected chi connectivity index (χ2v) is 8.15. The van der Waals surface area contributed by atoms with E-state index in [1.807, 2.05) is 0 Å².